The van der Waals surface area contributed by atoms with Gasteiger partial charge >= 0.3 is 5.97 Å². The number of nitrogens with two attached hydrogens (primary N) is 1. The number of aliphatic carboxylic acids is 1. The standard InChI is InChI=1S/C13H16N2O5/c1-2-15(7-12(17)18)11(16)8-20-10-6-4-3-5-9(10)13(14)19/h3-6H,2,7-8H2,1H3,(H2,14,19)(H,17,18). The van der Waals surface area contributed by atoms with Crippen LogP contribution in [-0.2, 0) is 9.59 Å². The van der Waals surface area contributed by atoms with Gasteiger partial charge in [0.05, 0.1) is 5.56 Å². The molecule has 0 aliphatic heterocycles. The normalized spacial score (nSPS) is 9.85. The minimum absolute atomic E-state index is 0.168. The number of carboxylic acid groups (broad SMARTS) is 1. The Kier molecular flexibility index (Phi) is 5.52. The number of primary amides is 1. The number of carbonyl (C=O) groups excluding carboxylic acids is 2. The predicted octanol–water partition coefficient (Wildman–Crippen LogP) is 0.0974. The molecule has 20 heavy (non-hydrogen) atoms. The fourth-order valence-corrected chi connectivity index (χ4v) is 1.57. The van der Waals surface area contributed by atoms with E-state index in [0.717, 1.165) is 4.90 Å². The van der Waals surface area contributed by atoms with Crippen molar-refractivity contribution in [3.05, 3.63) is 29.8 Å². The molecule has 0 spiro atoms. The maximum atomic E-state index is 11.8. The topological polar surface area (TPSA) is 110 Å². The van der Waals surface area contributed by atoms with Gasteiger partial charge in [0.25, 0.3) is 11.8 Å². The van der Waals surface area contributed by atoms with Crippen molar-refractivity contribution in [2.75, 3.05) is 19.7 Å². The SMILES string of the molecule is CCN(CC(=O)O)C(=O)COc1ccccc1C(N)=O. The second-order valence-electron chi connectivity index (χ2n) is 3.95. The first-order valence-electron chi connectivity index (χ1n) is 5.97. The van der Waals surface area contributed by atoms with E-state index in [-0.39, 0.29) is 24.5 Å². The Morgan fingerprint density at radius 1 is 1.30 bits per heavy atom. The van der Waals surface area contributed by atoms with E-state index < -0.39 is 24.3 Å². The van der Waals surface area contributed by atoms with Crippen LogP contribution in [-0.4, -0.2) is 47.5 Å². The molecule has 0 aliphatic carbocycles. The minimum Gasteiger partial charge on any atom is -0.483 e. The molecule has 7 nitrogen and oxygen atoms in total. The first-order valence-corrected chi connectivity index (χ1v) is 5.97. The van der Waals surface area contributed by atoms with Crippen molar-refractivity contribution in [3.8, 4) is 5.75 Å². The molecule has 0 aromatic heterocycles. The number of hydrogen-bond donors (Lipinski definition) is 2. The molecular weight excluding hydrogens is 264 g/mol. The van der Waals surface area contributed by atoms with Gasteiger partial charge in [-0.2, -0.15) is 0 Å². The van der Waals surface area contributed by atoms with Gasteiger partial charge in [0.15, 0.2) is 6.61 Å². The molecule has 3 N–H and O–H groups in total. The molecule has 108 valence electrons. The van der Waals surface area contributed by atoms with Crippen LogP contribution in [0.15, 0.2) is 24.3 Å². The molecule has 2 amide bonds. The molecule has 0 heterocycles. The van der Waals surface area contributed by atoms with Crippen LogP contribution < -0.4 is 10.5 Å². The molecular formula is C13H16N2O5. The molecule has 0 saturated carbocycles. The van der Waals surface area contributed by atoms with E-state index in [2.05, 4.69) is 0 Å². The Bertz CT molecular complexity index is 515. The molecule has 0 atom stereocenters. The van der Waals surface area contributed by atoms with Gasteiger partial charge in [0.1, 0.15) is 12.3 Å². The largest absolute Gasteiger partial charge is 0.483 e. The van der Waals surface area contributed by atoms with Crippen molar-refractivity contribution in [2.45, 2.75) is 6.92 Å². The highest BCUT2D eigenvalue weighted by Gasteiger charge is 2.16. The Morgan fingerprint density at radius 3 is 2.50 bits per heavy atom. The monoisotopic (exact) mass is 280 g/mol. The number of para-hydroxylation sites is 1. The second kappa shape index (κ2) is 7.13. The maximum absolute atomic E-state index is 11.8. The van der Waals surface area contributed by atoms with Crippen molar-refractivity contribution in [1.29, 1.82) is 0 Å². The van der Waals surface area contributed by atoms with Crippen LogP contribution in [0.1, 0.15) is 17.3 Å². The van der Waals surface area contributed by atoms with E-state index in [9.17, 15) is 14.4 Å². The summed E-state index contributed by atoms with van der Waals surface area (Å²) >= 11 is 0. The highest BCUT2D eigenvalue weighted by atomic mass is 16.5. The van der Waals surface area contributed by atoms with Crippen LogP contribution >= 0.6 is 0 Å². The van der Waals surface area contributed by atoms with E-state index >= 15 is 0 Å². The molecule has 0 fully saturated rings. The average molecular weight is 280 g/mol. The summed E-state index contributed by atoms with van der Waals surface area (Å²) in [6.07, 6.45) is 0. The number of benzene rings is 1. The average Bonchev–Trinajstić information content (AvgIpc) is 2.42. The Labute approximate surface area is 115 Å². The van der Waals surface area contributed by atoms with Gasteiger partial charge in [-0.15, -0.1) is 0 Å². The Hall–Kier alpha value is -2.57. The van der Waals surface area contributed by atoms with Gasteiger partial charge in [-0.3, -0.25) is 14.4 Å². The summed E-state index contributed by atoms with van der Waals surface area (Å²) in [7, 11) is 0. The lowest BCUT2D eigenvalue weighted by atomic mass is 10.2. The van der Waals surface area contributed by atoms with E-state index in [1.165, 1.54) is 12.1 Å². The Balaban J connectivity index is 2.69. The summed E-state index contributed by atoms with van der Waals surface area (Å²) < 4.78 is 5.24. The van der Waals surface area contributed by atoms with Gasteiger partial charge in [0.2, 0.25) is 0 Å². The summed E-state index contributed by atoms with van der Waals surface area (Å²) in [5.74, 6) is -2.04. The minimum atomic E-state index is -1.10. The predicted molar refractivity (Wildman–Crippen MR) is 70.3 cm³/mol. The highest BCUT2D eigenvalue weighted by molar-refractivity contribution is 5.95. The van der Waals surface area contributed by atoms with Gasteiger partial charge in [0, 0.05) is 6.54 Å². The van der Waals surface area contributed by atoms with Gasteiger partial charge in [-0.05, 0) is 19.1 Å². The number of nitrogens with zero attached hydrogens (tertiary/aromatic N) is 1. The molecule has 0 bridgehead atoms. The van der Waals surface area contributed by atoms with Crippen LogP contribution in [0.3, 0.4) is 0 Å². The molecule has 1 rings (SSSR count). The van der Waals surface area contributed by atoms with Crippen molar-refractivity contribution >= 4 is 17.8 Å². The number of carbonyl (C=O) groups is 3. The summed E-state index contributed by atoms with van der Waals surface area (Å²) in [6, 6.07) is 6.26. The molecule has 0 radical (unpaired) electrons. The zero-order chi connectivity index (χ0) is 15.1. The zero-order valence-corrected chi connectivity index (χ0v) is 11.0. The number of amides is 2. The lowest BCUT2D eigenvalue weighted by molar-refractivity contribution is -0.145. The van der Waals surface area contributed by atoms with E-state index in [1.54, 1.807) is 19.1 Å². The lowest BCUT2D eigenvalue weighted by Crippen LogP contribution is -2.38. The summed E-state index contributed by atoms with van der Waals surface area (Å²) in [5, 5.41) is 8.67. The van der Waals surface area contributed by atoms with Crippen molar-refractivity contribution in [1.82, 2.24) is 4.90 Å². The number of rotatable bonds is 7. The smallest absolute Gasteiger partial charge is 0.323 e. The first kappa shape index (κ1) is 15.5. The number of carboxylic acids is 1. The van der Waals surface area contributed by atoms with E-state index in [1.807, 2.05) is 0 Å². The molecule has 0 unspecified atom stereocenters. The maximum Gasteiger partial charge on any atom is 0.323 e. The fourth-order valence-electron chi connectivity index (χ4n) is 1.57. The van der Waals surface area contributed by atoms with Crippen LogP contribution in [0.2, 0.25) is 0 Å². The summed E-state index contributed by atoms with van der Waals surface area (Å²) in [4.78, 5) is 34.7. The van der Waals surface area contributed by atoms with Crippen molar-refractivity contribution in [2.24, 2.45) is 5.73 Å². The number of ether oxygens (including phenoxy) is 1. The van der Waals surface area contributed by atoms with Crippen molar-refractivity contribution in [3.63, 3.8) is 0 Å². The van der Waals surface area contributed by atoms with Crippen molar-refractivity contribution < 1.29 is 24.2 Å². The molecule has 7 heteroatoms. The second-order valence-corrected chi connectivity index (χ2v) is 3.95. The van der Waals surface area contributed by atoms with Crippen LogP contribution in [0, 0.1) is 0 Å². The molecule has 1 aromatic rings. The highest BCUT2D eigenvalue weighted by Crippen LogP contribution is 2.17. The van der Waals surface area contributed by atoms with E-state index in [4.69, 9.17) is 15.6 Å². The molecule has 1 aromatic carbocycles. The fraction of sp³-hybridized carbons (Fsp3) is 0.308. The van der Waals surface area contributed by atoms with Crippen LogP contribution in [0.5, 0.6) is 5.75 Å². The lowest BCUT2D eigenvalue weighted by Gasteiger charge is -2.19. The van der Waals surface area contributed by atoms with E-state index in [0.29, 0.717) is 0 Å². The van der Waals surface area contributed by atoms with Gasteiger partial charge < -0.3 is 20.5 Å². The first-order chi connectivity index (χ1) is 9.45. The quantitative estimate of drug-likeness (QED) is 0.736. The van der Waals surface area contributed by atoms with Crippen LogP contribution in [0.4, 0.5) is 0 Å². The third kappa shape index (κ3) is 4.27. The third-order valence-electron chi connectivity index (χ3n) is 2.56. The number of hydrogen-bond acceptors (Lipinski definition) is 4. The van der Waals surface area contributed by atoms with Gasteiger partial charge in [-0.1, -0.05) is 12.1 Å². The summed E-state index contributed by atoms with van der Waals surface area (Å²) in [6.45, 7) is 1.17. The Morgan fingerprint density at radius 2 is 1.95 bits per heavy atom. The summed E-state index contributed by atoms with van der Waals surface area (Å²) in [5.41, 5.74) is 5.35. The van der Waals surface area contributed by atoms with Crippen LogP contribution in [0.25, 0.3) is 0 Å². The number of likely N-dealkylation sites (N-methyl/N-ethyl adjacent to an activating group) is 1. The molecule has 0 saturated heterocycles. The third-order valence-corrected chi connectivity index (χ3v) is 2.56. The molecule has 0 aliphatic rings. The zero-order valence-electron chi connectivity index (χ0n) is 11.0. The van der Waals surface area contributed by atoms with Gasteiger partial charge in [-0.25, -0.2) is 0 Å².